The number of likely N-dealkylation sites (tertiary alicyclic amines) is 1. The van der Waals surface area contributed by atoms with Crippen molar-refractivity contribution in [3.63, 3.8) is 0 Å². The number of ether oxygens (including phenoxy) is 1. The zero-order chi connectivity index (χ0) is 15.6. The van der Waals surface area contributed by atoms with Crippen LogP contribution in [0.5, 0.6) is 0 Å². The van der Waals surface area contributed by atoms with E-state index in [9.17, 15) is 13.6 Å². The molecule has 2 aliphatic heterocycles. The fourth-order valence-electron chi connectivity index (χ4n) is 2.74. The molecule has 2 aliphatic rings. The van der Waals surface area contributed by atoms with Crippen molar-refractivity contribution in [2.45, 2.75) is 24.9 Å². The molecule has 1 aromatic heterocycles. The summed E-state index contributed by atoms with van der Waals surface area (Å²) < 4.78 is 31.9. The van der Waals surface area contributed by atoms with Gasteiger partial charge in [-0.05, 0) is 6.07 Å². The number of nitrogens with zero attached hydrogens (tertiary/aromatic N) is 4. The van der Waals surface area contributed by atoms with Gasteiger partial charge in [-0.2, -0.15) is 0 Å². The van der Waals surface area contributed by atoms with E-state index in [1.807, 2.05) is 4.90 Å². The molecule has 3 rings (SSSR count). The quantitative estimate of drug-likeness (QED) is 0.813. The molecule has 2 fully saturated rings. The Morgan fingerprint density at radius 3 is 2.77 bits per heavy atom. The summed E-state index contributed by atoms with van der Waals surface area (Å²) in [6, 6.07) is 1.77. The van der Waals surface area contributed by atoms with Gasteiger partial charge in [0.25, 0.3) is 11.8 Å². The number of piperidine rings is 1. The van der Waals surface area contributed by atoms with E-state index in [0.717, 1.165) is 5.82 Å². The number of alkyl halides is 2. The smallest absolute Gasteiger partial charge is 0.253 e. The van der Waals surface area contributed by atoms with E-state index in [-0.39, 0.29) is 31.8 Å². The number of hydrogen-bond acceptors (Lipinski definition) is 5. The van der Waals surface area contributed by atoms with Crippen molar-refractivity contribution in [3.05, 3.63) is 18.6 Å². The summed E-state index contributed by atoms with van der Waals surface area (Å²) in [5, 5.41) is 0. The topological polar surface area (TPSA) is 58.6 Å². The number of anilines is 1. The van der Waals surface area contributed by atoms with Crippen LogP contribution < -0.4 is 4.90 Å². The fraction of sp³-hybridized carbons (Fsp3) is 0.643. The average Bonchev–Trinajstić information content (AvgIpc) is 2.55. The van der Waals surface area contributed by atoms with Gasteiger partial charge in [0.05, 0.1) is 13.2 Å². The normalized spacial score (nSPS) is 25.1. The first-order valence-electron chi connectivity index (χ1n) is 7.34. The van der Waals surface area contributed by atoms with Crippen molar-refractivity contribution >= 4 is 11.7 Å². The maximum absolute atomic E-state index is 13.2. The lowest BCUT2D eigenvalue weighted by atomic mass is 10.1. The summed E-state index contributed by atoms with van der Waals surface area (Å²) in [5.41, 5.74) is 0. The molecule has 1 aromatic rings. The molecule has 1 unspecified atom stereocenters. The van der Waals surface area contributed by atoms with Crippen molar-refractivity contribution in [2.24, 2.45) is 0 Å². The number of amides is 1. The molecule has 0 aliphatic carbocycles. The molecule has 6 nitrogen and oxygen atoms in total. The second-order valence-corrected chi connectivity index (χ2v) is 5.55. The molecule has 8 heteroatoms. The third-order valence-corrected chi connectivity index (χ3v) is 4.04. The van der Waals surface area contributed by atoms with Gasteiger partial charge < -0.3 is 14.5 Å². The average molecular weight is 312 g/mol. The van der Waals surface area contributed by atoms with Crippen LogP contribution in [0.2, 0.25) is 0 Å². The van der Waals surface area contributed by atoms with Gasteiger partial charge in [-0.15, -0.1) is 0 Å². The summed E-state index contributed by atoms with van der Waals surface area (Å²) in [4.78, 5) is 23.9. The largest absolute Gasteiger partial charge is 0.365 e. The highest BCUT2D eigenvalue weighted by molar-refractivity contribution is 5.82. The molecule has 0 spiro atoms. The Kier molecular flexibility index (Phi) is 4.19. The molecule has 1 atom stereocenters. The molecule has 0 saturated carbocycles. The summed E-state index contributed by atoms with van der Waals surface area (Å²) in [6.07, 6.45) is 1.91. The Balaban J connectivity index is 1.61. The number of carbonyl (C=O) groups is 1. The SMILES string of the molecule is O=C(C1CN(c2ccncn2)CCO1)N1CCC(F)(F)CC1. The number of morpholine rings is 1. The monoisotopic (exact) mass is 312 g/mol. The third kappa shape index (κ3) is 3.32. The summed E-state index contributed by atoms with van der Waals surface area (Å²) >= 11 is 0. The minimum Gasteiger partial charge on any atom is -0.365 e. The Labute approximate surface area is 127 Å². The second kappa shape index (κ2) is 6.12. The molecular formula is C14H18F2N4O2. The number of carbonyl (C=O) groups excluding carboxylic acids is 1. The van der Waals surface area contributed by atoms with Crippen LogP contribution >= 0.6 is 0 Å². The summed E-state index contributed by atoms with van der Waals surface area (Å²) in [7, 11) is 0. The van der Waals surface area contributed by atoms with E-state index in [4.69, 9.17) is 4.74 Å². The molecular weight excluding hydrogens is 294 g/mol. The summed E-state index contributed by atoms with van der Waals surface area (Å²) in [5.74, 6) is -2.13. The van der Waals surface area contributed by atoms with Crippen LogP contribution in [0.3, 0.4) is 0 Å². The van der Waals surface area contributed by atoms with E-state index < -0.39 is 12.0 Å². The zero-order valence-electron chi connectivity index (χ0n) is 12.1. The van der Waals surface area contributed by atoms with Crippen LogP contribution in [-0.4, -0.2) is 65.6 Å². The van der Waals surface area contributed by atoms with Crippen LogP contribution in [0.1, 0.15) is 12.8 Å². The van der Waals surface area contributed by atoms with Gasteiger partial charge in [0.2, 0.25) is 0 Å². The summed E-state index contributed by atoms with van der Waals surface area (Å²) in [6.45, 7) is 1.59. The first-order valence-corrected chi connectivity index (χ1v) is 7.34. The fourth-order valence-corrected chi connectivity index (χ4v) is 2.74. The molecule has 2 saturated heterocycles. The lowest BCUT2D eigenvalue weighted by Gasteiger charge is -2.37. The maximum Gasteiger partial charge on any atom is 0.253 e. The molecule has 0 radical (unpaired) electrons. The highest BCUT2D eigenvalue weighted by Crippen LogP contribution is 2.28. The van der Waals surface area contributed by atoms with Crippen molar-refractivity contribution in [1.29, 1.82) is 0 Å². The Morgan fingerprint density at radius 2 is 2.09 bits per heavy atom. The predicted octanol–water partition coefficient (Wildman–Crippen LogP) is 0.939. The number of rotatable bonds is 2. The van der Waals surface area contributed by atoms with Crippen molar-refractivity contribution in [3.8, 4) is 0 Å². The van der Waals surface area contributed by atoms with Gasteiger partial charge in [0, 0.05) is 38.7 Å². The van der Waals surface area contributed by atoms with Gasteiger partial charge in [-0.25, -0.2) is 18.7 Å². The molecule has 0 N–H and O–H groups in total. The first-order chi connectivity index (χ1) is 10.6. The van der Waals surface area contributed by atoms with Crippen molar-refractivity contribution in [2.75, 3.05) is 37.7 Å². The Hall–Kier alpha value is -1.83. The van der Waals surface area contributed by atoms with E-state index in [2.05, 4.69) is 9.97 Å². The van der Waals surface area contributed by atoms with Gasteiger partial charge >= 0.3 is 0 Å². The highest BCUT2D eigenvalue weighted by atomic mass is 19.3. The van der Waals surface area contributed by atoms with Crippen LogP contribution in [0.4, 0.5) is 14.6 Å². The van der Waals surface area contributed by atoms with Gasteiger partial charge in [-0.1, -0.05) is 0 Å². The molecule has 1 amide bonds. The molecule has 0 aromatic carbocycles. The number of halogens is 2. The van der Waals surface area contributed by atoms with Crippen LogP contribution in [0.15, 0.2) is 18.6 Å². The number of aromatic nitrogens is 2. The highest BCUT2D eigenvalue weighted by Gasteiger charge is 2.38. The first kappa shape index (κ1) is 15.1. The standard InChI is InChI=1S/C14H18F2N4O2/c15-14(16)2-5-19(6-3-14)13(21)11-9-20(7-8-22-11)12-1-4-17-10-18-12/h1,4,10-11H,2-3,5-9H2. The van der Waals surface area contributed by atoms with Crippen molar-refractivity contribution < 1.29 is 18.3 Å². The molecule has 120 valence electrons. The van der Waals surface area contributed by atoms with E-state index in [0.29, 0.717) is 19.7 Å². The molecule has 0 bridgehead atoms. The molecule has 3 heterocycles. The third-order valence-electron chi connectivity index (χ3n) is 4.04. The predicted molar refractivity (Wildman–Crippen MR) is 74.7 cm³/mol. The van der Waals surface area contributed by atoms with E-state index in [1.54, 1.807) is 12.3 Å². The lowest BCUT2D eigenvalue weighted by Crippen LogP contribution is -2.53. The van der Waals surface area contributed by atoms with Crippen LogP contribution in [-0.2, 0) is 9.53 Å². The minimum atomic E-state index is -2.66. The second-order valence-electron chi connectivity index (χ2n) is 5.55. The van der Waals surface area contributed by atoms with E-state index in [1.165, 1.54) is 11.2 Å². The zero-order valence-corrected chi connectivity index (χ0v) is 12.1. The van der Waals surface area contributed by atoms with Gasteiger partial charge in [0.15, 0.2) is 6.10 Å². The van der Waals surface area contributed by atoms with Gasteiger partial charge in [-0.3, -0.25) is 4.79 Å². The Bertz CT molecular complexity index is 519. The van der Waals surface area contributed by atoms with E-state index >= 15 is 0 Å². The molecule has 22 heavy (non-hydrogen) atoms. The minimum absolute atomic E-state index is 0.0825. The van der Waals surface area contributed by atoms with Crippen molar-refractivity contribution in [1.82, 2.24) is 14.9 Å². The van der Waals surface area contributed by atoms with Crippen LogP contribution in [0.25, 0.3) is 0 Å². The lowest BCUT2D eigenvalue weighted by molar-refractivity contribution is -0.150. The maximum atomic E-state index is 13.2. The number of hydrogen-bond donors (Lipinski definition) is 0. The Morgan fingerprint density at radius 1 is 1.32 bits per heavy atom. The van der Waals surface area contributed by atoms with Gasteiger partial charge in [0.1, 0.15) is 12.1 Å². The van der Waals surface area contributed by atoms with Crippen LogP contribution in [0, 0.1) is 0 Å².